The predicted octanol–water partition coefficient (Wildman–Crippen LogP) is 3.97. The Kier molecular flexibility index (Phi) is 4.59. The second-order valence-corrected chi connectivity index (χ2v) is 5.96. The van der Waals surface area contributed by atoms with E-state index in [-0.39, 0.29) is 11.6 Å². The van der Waals surface area contributed by atoms with Gasteiger partial charge in [0.2, 0.25) is 0 Å². The molecular weight excluding hydrogens is 253 g/mol. The van der Waals surface area contributed by atoms with Crippen LogP contribution in [-0.4, -0.2) is 29.3 Å². The van der Waals surface area contributed by atoms with Crippen molar-refractivity contribution in [1.29, 1.82) is 0 Å². The fraction of sp³-hybridized carbons (Fsp3) is 0.588. The van der Waals surface area contributed by atoms with E-state index in [1.54, 1.807) is 6.07 Å². The predicted molar refractivity (Wildman–Crippen MR) is 79.6 cm³/mol. The zero-order chi connectivity index (χ0) is 14.8. The summed E-state index contributed by atoms with van der Waals surface area (Å²) in [5, 5.41) is 0. The van der Waals surface area contributed by atoms with E-state index in [0.29, 0.717) is 5.56 Å². The number of likely N-dealkylation sites (tertiary alicyclic amines) is 1. The number of nitrogens with zero attached hydrogens (tertiary/aromatic N) is 1. The Bertz CT molecular complexity index is 494. The number of benzene rings is 1. The maximum Gasteiger partial charge on any atom is 0.183 e. The normalized spacial score (nSPS) is 19.6. The van der Waals surface area contributed by atoms with Gasteiger partial charge in [-0.25, -0.2) is 4.39 Å². The van der Waals surface area contributed by atoms with E-state index in [4.69, 9.17) is 0 Å². The summed E-state index contributed by atoms with van der Waals surface area (Å²) in [7, 11) is 0. The number of ketones is 1. The second-order valence-electron chi connectivity index (χ2n) is 5.96. The third-order valence-electron chi connectivity index (χ3n) is 4.66. The molecule has 3 heteroatoms. The number of piperidine rings is 1. The molecule has 1 unspecified atom stereocenters. The Labute approximate surface area is 121 Å². The second kappa shape index (κ2) is 6.04. The minimum atomic E-state index is -0.469. The van der Waals surface area contributed by atoms with Gasteiger partial charge in [0.05, 0.1) is 5.54 Å². The lowest BCUT2D eigenvalue weighted by Crippen LogP contribution is -2.54. The van der Waals surface area contributed by atoms with Gasteiger partial charge in [-0.1, -0.05) is 13.3 Å². The molecule has 1 aliphatic heterocycles. The number of hydrogen-bond donors (Lipinski definition) is 0. The van der Waals surface area contributed by atoms with Crippen LogP contribution in [0.2, 0.25) is 0 Å². The average molecular weight is 277 g/mol. The SMILES string of the molecule is CCC(C)(C(=O)c1ccc(F)cc1C)N1CCCCC1. The molecule has 0 radical (unpaired) electrons. The summed E-state index contributed by atoms with van der Waals surface area (Å²) in [6.45, 7) is 7.87. The van der Waals surface area contributed by atoms with E-state index in [0.717, 1.165) is 37.9 Å². The molecule has 1 aromatic carbocycles. The van der Waals surface area contributed by atoms with Crippen LogP contribution in [0.4, 0.5) is 4.39 Å². The summed E-state index contributed by atoms with van der Waals surface area (Å²) in [5.41, 5.74) is 0.913. The quantitative estimate of drug-likeness (QED) is 0.776. The van der Waals surface area contributed by atoms with Gasteiger partial charge in [-0.05, 0) is 70.0 Å². The van der Waals surface area contributed by atoms with Crippen LogP contribution in [0.1, 0.15) is 55.5 Å². The van der Waals surface area contributed by atoms with Crippen LogP contribution in [0, 0.1) is 12.7 Å². The van der Waals surface area contributed by atoms with Gasteiger partial charge in [0.15, 0.2) is 5.78 Å². The van der Waals surface area contributed by atoms with Crippen molar-refractivity contribution in [2.45, 2.75) is 52.0 Å². The van der Waals surface area contributed by atoms with Crippen molar-refractivity contribution in [2.75, 3.05) is 13.1 Å². The van der Waals surface area contributed by atoms with Crippen molar-refractivity contribution >= 4 is 5.78 Å². The molecule has 1 atom stereocenters. The lowest BCUT2D eigenvalue weighted by molar-refractivity contribution is 0.0505. The van der Waals surface area contributed by atoms with Crippen LogP contribution in [0.3, 0.4) is 0 Å². The monoisotopic (exact) mass is 277 g/mol. The average Bonchev–Trinajstić information content (AvgIpc) is 2.46. The number of Topliss-reactive ketones (excluding diaryl/α,β-unsaturated/α-hetero) is 1. The number of hydrogen-bond acceptors (Lipinski definition) is 2. The lowest BCUT2D eigenvalue weighted by Gasteiger charge is -2.42. The van der Waals surface area contributed by atoms with Crippen molar-refractivity contribution in [1.82, 2.24) is 4.90 Å². The van der Waals surface area contributed by atoms with Gasteiger partial charge >= 0.3 is 0 Å². The molecule has 1 saturated heterocycles. The molecule has 0 N–H and O–H groups in total. The molecule has 0 bridgehead atoms. The van der Waals surface area contributed by atoms with E-state index >= 15 is 0 Å². The Morgan fingerprint density at radius 2 is 1.95 bits per heavy atom. The van der Waals surface area contributed by atoms with Crippen LogP contribution >= 0.6 is 0 Å². The molecular formula is C17H24FNO. The molecule has 0 amide bonds. The van der Waals surface area contributed by atoms with Crippen LogP contribution in [0.15, 0.2) is 18.2 Å². The van der Waals surface area contributed by atoms with Crippen LogP contribution in [-0.2, 0) is 0 Å². The maximum atomic E-state index is 13.2. The molecule has 2 nitrogen and oxygen atoms in total. The Balaban J connectivity index is 2.32. The Morgan fingerprint density at radius 1 is 1.30 bits per heavy atom. The number of carbonyl (C=O) groups is 1. The summed E-state index contributed by atoms with van der Waals surface area (Å²) in [4.78, 5) is 15.3. The summed E-state index contributed by atoms with van der Waals surface area (Å²) >= 11 is 0. The van der Waals surface area contributed by atoms with Gasteiger partial charge in [-0.15, -0.1) is 0 Å². The number of rotatable bonds is 4. The highest BCUT2D eigenvalue weighted by molar-refractivity contribution is 6.04. The molecule has 0 spiro atoms. The summed E-state index contributed by atoms with van der Waals surface area (Å²) in [6, 6.07) is 4.46. The largest absolute Gasteiger partial charge is 0.292 e. The first-order chi connectivity index (χ1) is 9.49. The topological polar surface area (TPSA) is 20.3 Å². The van der Waals surface area contributed by atoms with Gasteiger partial charge in [-0.2, -0.15) is 0 Å². The summed E-state index contributed by atoms with van der Waals surface area (Å²) in [5.74, 6) is -0.158. The molecule has 0 saturated carbocycles. The van der Waals surface area contributed by atoms with Gasteiger partial charge in [0.25, 0.3) is 0 Å². The highest BCUT2D eigenvalue weighted by Crippen LogP contribution is 2.29. The zero-order valence-corrected chi connectivity index (χ0v) is 12.7. The summed E-state index contributed by atoms with van der Waals surface area (Å²) in [6.07, 6.45) is 4.35. The van der Waals surface area contributed by atoms with Crippen LogP contribution < -0.4 is 0 Å². The summed E-state index contributed by atoms with van der Waals surface area (Å²) < 4.78 is 13.2. The third kappa shape index (κ3) is 2.78. The minimum Gasteiger partial charge on any atom is -0.292 e. The first-order valence-electron chi connectivity index (χ1n) is 7.55. The van der Waals surface area contributed by atoms with Crippen LogP contribution in [0.5, 0.6) is 0 Å². The van der Waals surface area contributed by atoms with Gasteiger partial charge in [0, 0.05) is 5.56 Å². The fourth-order valence-electron chi connectivity index (χ4n) is 3.09. The number of carbonyl (C=O) groups excluding carboxylic acids is 1. The van der Waals surface area contributed by atoms with Crippen molar-refractivity contribution in [3.63, 3.8) is 0 Å². The molecule has 110 valence electrons. The lowest BCUT2D eigenvalue weighted by atomic mass is 9.84. The zero-order valence-electron chi connectivity index (χ0n) is 12.7. The standard InChI is InChI=1S/C17H24FNO/c1-4-17(3,19-10-6-5-7-11-19)16(20)15-9-8-14(18)12-13(15)2/h8-9,12H,4-7,10-11H2,1-3H3. The van der Waals surface area contributed by atoms with Crippen molar-refractivity contribution < 1.29 is 9.18 Å². The van der Waals surface area contributed by atoms with E-state index < -0.39 is 5.54 Å². The van der Waals surface area contributed by atoms with Crippen molar-refractivity contribution in [2.24, 2.45) is 0 Å². The molecule has 0 aliphatic carbocycles. The molecule has 1 aromatic rings. The van der Waals surface area contributed by atoms with Crippen molar-refractivity contribution in [3.8, 4) is 0 Å². The van der Waals surface area contributed by atoms with Gasteiger partial charge in [0.1, 0.15) is 5.82 Å². The van der Waals surface area contributed by atoms with E-state index in [9.17, 15) is 9.18 Å². The van der Waals surface area contributed by atoms with E-state index in [1.165, 1.54) is 18.6 Å². The molecule has 1 aliphatic rings. The molecule has 20 heavy (non-hydrogen) atoms. The first-order valence-corrected chi connectivity index (χ1v) is 7.55. The van der Waals surface area contributed by atoms with E-state index in [2.05, 4.69) is 11.8 Å². The van der Waals surface area contributed by atoms with E-state index in [1.807, 2.05) is 13.8 Å². The minimum absolute atomic E-state index is 0.124. The molecule has 1 heterocycles. The fourth-order valence-corrected chi connectivity index (χ4v) is 3.09. The molecule has 2 rings (SSSR count). The Hall–Kier alpha value is -1.22. The third-order valence-corrected chi connectivity index (χ3v) is 4.66. The number of halogens is 1. The smallest absolute Gasteiger partial charge is 0.183 e. The maximum absolute atomic E-state index is 13.2. The first kappa shape index (κ1) is 15.2. The van der Waals surface area contributed by atoms with Gasteiger partial charge in [-0.3, -0.25) is 9.69 Å². The molecule has 0 aromatic heterocycles. The van der Waals surface area contributed by atoms with Crippen LogP contribution in [0.25, 0.3) is 0 Å². The highest BCUT2D eigenvalue weighted by atomic mass is 19.1. The molecule has 1 fully saturated rings. The highest BCUT2D eigenvalue weighted by Gasteiger charge is 2.39. The van der Waals surface area contributed by atoms with Crippen molar-refractivity contribution in [3.05, 3.63) is 35.1 Å². The van der Waals surface area contributed by atoms with Gasteiger partial charge < -0.3 is 0 Å². The number of aryl methyl sites for hydroxylation is 1. The Morgan fingerprint density at radius 3 is 2.50 bits per heavy atom.